The summed E-state index contributed by atoms with van der Waals surface area (Å²) in [6.07, 6.45) is 0.464. The molecular formula is C18H27F3N4O4S. The van der Waals surface area contributed by atoms with Crippen LogP contribution < -0.4 is 0 Å². The molecule has 2 fully saturated rings. The van der Waals surface area contributed by atoms with Gasteiger partial charge in [-0.15, -0.1) is 5.10 Å². The molecule has 0 aliphatic carbocycles. The third-order valence-electron chi connectivity index (χ3n) is 5.55. The number of aliphatic carboxylic acids is 1. The molecule has 1 N–H and O–H groups in total. The summed E-state index contributed by atoms with van der Waals surface area (Å²) in [5.74, 6) is -2.62. The number of ether oxygens (including phenoxy) is 1. The van der Waals surface area contributed by atoms with Crippen LogP contribution in [0.2, 0.25) is 0 Å². The number of aryl methyl sites for hydroxylation is 1. The van der Waals surface area contributed by atoms with Crippen LogP contribution in [0.25, 0.3) is 0 Å². The van der Waals surface area contributed by atoms with Gasteiger partial charge in [0.25, 0.3) is 5.91 Å². The number of amides is 1. The van der Waals surface area contributed by atoms with Gasteiger partial charge in [-0.05, 0) is 57.1 Å². The van der Waals surface area contributed by atoms with Crippen molar-refractivity contribution in [2.24, 2.45) is 0 Å². The van der Waals surface area contributed by atoms with Crippen molar-refractivity contribution in [1.29, 1.82) is 0 Å². The Morgan fingerprint density at radius 2 is 1.83 bits per heavy atom. The molecule has 2 aliphatic heterocycles. The van der Waals surface area contributed by atoms with Crippen LogP contribution >= 0.6 is 11.5 Å². The van der Waals surface area contributed by atoms with E-state index in [2.05, 4.69) is 19.4 Å². The fourth-order valence-corrected chi connectivity index (χ4v) is 4.61. The first-order valence-corrected chi connectivity index (χ1v) is 10.5. The average Bonchev–Trinajstić information content (AvgIpc) is 3.23. The van der Waals surface area contributed by atoms with Gasteiger partial charge in [-0.2, -0.15) is 13.2 Å². The lowest BCUT2D eigenvalue weighted by molar-refractivity contribution is -0.192. The highest BCUT2D eigenvalue weighted by Gasteiger charge is 2.45. The van der Waals surface area contributed by atoms with E-state index in [-0.39, 0.29) is 11.4 Å². The zero-order valence-electron chi connectivity index (χ0n) is 17.1. The number of likely N-dealkylation sites (tertiary alicyclic amines) is 2. The van der Waals surface area contributed by atoms with Crippen LogP contribution in [0.4, 0.5) is 13.2 Å². The van der Waals surface area contributed by atoms with Gasteiger partial charge in [0.2, 0.25) is 0 Å². The van der Waals surface area contributed by atoms with Gasteiger partial charge in [0.15, 0.2) is 0 Å². The maximum absolute atomic E-state index is 13.0. The molecule has 3 rings (SSSR count). The predicted molar refractivity (Wildman–Crippen MR) is 104 cm³/mol. The van der Waals surface area contributed by atoms with Crippen molar-refractivity contribution < 1.29 is 32.6 Å². The summed E-state index contributed by atoms with van der Waals surface area (Å²) >= 11 is 1.23. The predicted octanol–water partition coefficient (Wildman–Crippen LogP) is 2.59. The van der Waals surface area contributed by atoms with Gasteiger partial charge in [-0.25, -0.2) is 4.79 Å². The Morgan fingerprint density at radius 3 is 2.37 bits per heavy atom. The third-order valence-corrected chi connectivity index (χ3v) is 6.37. The lowest BCUT2D eigenvalue weighted by Gasteiger charge is -2.38. The quantitative estimate of drug-likeness (QED) is 0.750. The molecule has 2 aliphatic rings. The minimum atomic E-state index is -5.08. The molecule has 1 spiro atoms. The van der Waals surface area contributed by atoms with E-state index >= 15 is 0 Å². The van der Waals surface area contributed by atoms with Crippen molar-refractivity contribution in [3.8, 4) is 0 Å². The molecular weight excluding hydrogens is 425 g/mol. The highest BCUT2D eigenvalue weighted by Crippen LogP contribution is 2.39. The first-order valence-electron chi connectivity index (χ1n) is 9.73. The Balaban J connectivity index is 0.000000396. The summed E-state index contributed by atoms with van der Waals surface area (Å²) in [6.45, 7) is 6.66. The maximum Gasteiger partial charge on any atom is 0.490 e. The molecule has 30 heavy (non-hydrogen) atoms. The highest BCUT2D eigenvalue weighted by atomic mass is 32.1. The minimum Gasteiger partial charge on any atom is -0.475 e. The van der Waals surface area contributed by atoms with E-state index in [0.717, 1.165) is 70.6 Å². The lowest BCUT2D eigenvalue weighted by Crippen LogP contribution is -2.48. The molecule has 1 unspecified atom stereocenters. The van der Waals surface area contributed by atoms with Crippen molar-refractivity contribution in [2.75, 3.05) is 39.9 Å². The van der Waals surface area contributed by atoms with Crippen molar-refractivity contribution >= 4 is 23.4 Å². The number of carbonyl (C=O) groups excluding carboxylic acids is 1. The average molecular weight is 452 g/mol. The molecule has 170 valence electrons. The first kappa shape index (κ1) is 24.5. The molecule has 0 aromatic carbocycles. The second kappa shape index (κ2) is 10.5. The number of rotatable bonds is 4. The Hall–Kier alpha value is -1.79. The Bertz CT molecular complexity index is 731. The summed E-state index contributed by atoms with van der Waals surface area (Å²) in [7, 11) is 1.75. The Morgan fingerprint density at radius 1 is 1.20 bits per heavy atom. The van der Waals surface area contributed by atoms with E-state index in [0.29, 0.717) is 4.88 Å². The SMILES string of the molecule is COCCN1CCCC2(CCCN2C(=O)c2snnc2C)CC1.O=C(O)C(F)(F)F. The number of nitrogens with zero attached hydrogens (tertiary/aromatic N) is 4. The minimum absolute atomic E-state index is 0.0370. The molecule has 0 radical (unpaired) electrons. The van der Waals surface area contributed by atoms with Gasteiger partial charge in [-0.1, -0.05) is 4.49 Å². The monoisotopic (exact) mass is 452 g/mol. The number of carbonyl (C=O) groups is 2. The van der Waals surface area contributed by atoms with Gasteiger partial charge < -0.3 is 19.6 Å². The Kier molecular flexibility index (Phi) is 8.56. The number of hydrogen-bond acceptors (Lipinski definition) is 7. The maximum atomic E-state index is 13.0. The molecule has 0 bridgehead atoms. The highest BCUT2D eigenvalue weighted by molar-refractivity contribution is 7.07. The zero-order chi connectivity index (χ0) is 22.4. The van der Waals surface area contributed by atoms with E-state index in [1.807, 2.05) is 6.92 Å². The van der Waals surface area contributed by atoms with Gasteiger partial charge in [-0.3, -0.25) is 4.79 Å². The number of halogens is 3. The molecule has 1 atom stereocenters. The molecule has 0 saturated carbocycles. The second-order valence-electron chi connectivity index (χ2n) is 7.46. The standard InChI is InChI=1S/C16H26N4O2S.C2HF3O2/c1-13-14(23-18-17-13)15(21)20-9-4-6-16(20)5-3-8-19(10-7-16)11-12-22-2;3-2(4,5)1(6)7/h3-12H2,1-2H3;(H,6,7). The zero-order valence-corrected chi connectivity index (χ0v) is 17.9. The van der Waals surface area contributed by atoms with E-state index in [1.54, 1.807) is 7.11 Å². The van der Waals surface area contributed by atoms with Gasteiger partial charge in [0.05, 0.1) is 12.3 Å². The number of methoxy groups -OCH3 is 1. The lowest BCUT2D eigenvalue weighted by atomic mass is 9.87. The Labute approximate surface area is 177 Å². The molecule has 12 heteroatoms. The number of aromatic nitrogens is 2. The second-order valence-corrected chi connectivity index (χ2v) is 8.22. The van der Waals surface area contributed by atoms with Crippen molar-refractivity contribution in [1.82, 2.24) is 19.4 Å². The van der Waals surface area contributed by atoms with E-state index in [1.165, 1.54) is 11.5 Å². The fourth-order valence-electron chi connectivity index (χ4n) is 4.00. The number of alkyl halides is 3. The van der Waals surface area contributed by atoms with Crippen LogP contribution in [0.1, 0.15) is 47.5 Å². The van der Waals surface area contributed by atoms with E-state index in [9.17, 15) is 18.0 Å². The smallest absolute Gasteiger partial charge is 0.475 e. The van der Waals surface area contributed by atoms with Crippen LogP contribution in [-0.2, 0) is 9.53 Å². The molecule has 2 saturated heterocycles. The van der Waals surface area contributed by atoms with Crippen molar-refractivity contribution in [2.45, 2.75) is 50.7 Å². The van der Waals surface area contributed by atoms with Crippen LogP contribution in [0.5, 0.6) is 0 Å². The largest absolute Gasteiger partial charge is 0.490 e. The van der Waals surface area contributed by atoms with Gasteiger partial charge in [0.1, 0.15) is 4.88 Å². The van der Waals surface area contributed by atoms with Gasteiger partial charge in [0, 0.05) is 32.3 Å². The van der Waals surface area contributed by atoms with E-state index < -0.39 is 12.1 Å². The van der Waals surface area contributed by atoms with Crippen molar-refractivity contribution in [3.63, 3.8) is 0 Å². The molecule has 3 heterocycles. The molecule has 8 nitrogen and oxygen atoms in total. The van der Waals surface area contributed by atoms with Crippen LogP contribution in [0.3, 0.4) is 0 Å². The number of hydrogen-bond donors (Lipinski definition) is 1. The fraction of sp³-hybridized carbons (Fsp3) is 0.778. The summed E-state index contributed by atoms with van der Waals surface area (Å²) in [6, 6.07) is 0. The molecule has 1 aromatic rings. The summed E-state index contributed by atoms with van der Waals surface area (Å²) in [5, 5.41) is 11.1. The third kappa shape index (κ3) is 6.11. The number of carboxylic acids is 1. The van der Waals surface area contributed by atoms with E-state index in [4.69, 9.17) is 14.6 Å². The van der Waals surface area contributed by atoms with Crippen LogP contribution in [0, 0.1) is 6.92 Å². The van der Waals surface area contributed by atoms with Crippen LogP contribution in [-0.4, -0.2) is 88.0 Å². The topological polar surface area (TPSA) is 95.9 Å². The van der Waals surface area contributed by atoms with Gasteiger partial charge >= 0.3 is 12.1 Å². The van der Waals surface area contributed by atoms with Crippen molar-refractivity contribution in [3.05, 3.63) is 10.6 Å². The first-order chi connectivity index (χ1) is 14.1. The van der Waals surface area contributed by atoms with Crippen LogP contribution in [0.15, 0.2) is 0 Å². The summed E-state index contributed by atoms with van der Waals surface area (Å²) in [4.78, 5) is 27.2. The summed E-state index contributed by atoms with van der Waals surface area (Å²) < 4.78 is 40.9. The molecule has 1 amide bonds. The summed E-state index contributed by atoms with van der Waals surface area (Å²) in [5.41, 5.74) is 0.799. The number of carboxylic acid groups (broad SMARTS) is 1. The normalized spacial score (nSPS) is 22.5. The molecule has 1 aromatic heterocycles.